The lowest BCUT2D eigenvalue weighted by atomic mass is 9.98. The number of hydrogen-bond acceptors (Lipinski definition) is 2. The van der Waals surface area contributed by atoms with Crippen LogP contribution in [-0.2, 0) is 9.53 Å². The summed E-state index contributed by atoms with van der Waals surface area (Å²) in [5, 5.41) is 0. The van der Waals surface area contributed by atoms with E-state index in [-0.39, 0.29) is 17.5 Å². The van der Waals surface area contributed by atoms with Gasteiger partial charge in [-0.05, 0) is 33.6 Å². The molecule has 0 saturated carbocycles. The Labute approximate surface area is 107 Å². The molecule has 0 aliphatic carbocycles. The molecule has 17 heavy (non-hydrogen) atoms. The minimum Gasteiger partial charge on any atom is -0.460 e. The highest BCUT2D eigenvalue weighted by Crippen LogP contribution is 2.19. The SMILES string of the molecule is CCCCCCCC(CC)C(=O)OC(C)(C)C. The van der Waals surface area contributed by atoms with Crippen molar-refractivity contribution in [1.29, 1.82) is 0 Å². The molecule has 0 radical (unpaired) electrons. The second-order valence-electron chi connectivity index (χ2n) is 5.84. The third-order valence-electron chi connectivity index (χ3n) is 2.89. The zero-order valence-electron chi connectivity index (χ0n) is 12.3. The molecule has 0 aromatic heterocycles. The highest BCUT2D eigenvalue weighted by atomic mass is 16.6. The molecule has 1 unspecified atom stereocenters. The molecule has 0 heterocycles. The van der Waals surface area contributed by atoms with E-state index in [0.29, 0.717) is 0 Å². The molecule has 0 N–H and O–H groups in total. The normalized spacial score (nSPS) is 13.5. The number of esters is 1. The minimum atomic E-state index is -0.354. The van der Waals surface area contributed by atoms with Crippen molar-refractivity contribution in [1.82, 2.24) is 0 Å². The van der Waals surface area contributed by atoms with Crippen molar-refractivity contribution in [3.63, 3.8) is 0 Å². The molecular formula is C15H30O2. The van der Waals surface area contributed by atoms with E-state index in [1.807, 2.05) is 20.8 Å². The van der Waals surface area contributed by atoms with Crippen LogP contribution in [0, 0.1) is 5.92 Å². The maximum Gasteiger partial charge on any atom is 0.309 e. The van der Waals surface area contributed by atoms with Crippen LogP contribution < -0.4 is 0 Å². The first-order chi connectivity index (χ1) is 7.90. The van der Waals surface area contributed by atoms with Crippen molar-refractivity contribution >= 4 is 5.97 Å². The summed E-state index contributed by atoms with van der Waals surface area (Å²) >= 11 is 0. The number of ether oxygens (including phenoxy) is 1. The Morgan fingerprint density at radius 3 is 2.12 bits per heavy atom. The van der Waals surface area contributed by atoms with Crippen LogP contribution >= 0.6 is 0 Å². The number of rotatable bonds is 8. The maximum absolute atomic E-state index is 11.9. The van der Waals surface area contributed by atoms with E-state index in [0.717, 1.165) is 19.3 Å². The fourth-order valence-corrected chi connectivity index (χ4v) is 1.87. The number of carbonyl (C=O) groups is 1. The molecule has 2 heteroatoms. The van der Waals surface area contributed by atoms with Gasteiger partial charge in [-0.25, -0.2) is 0 Å². The highest BCUT2D eigenvalue weighted by Gasteiger charge is 2.23. The molecule has 1 atom stereocenters. The zero-order chi connectivity index (χ0) is 13.3. The van der Waals surface area contributed by atoms with Crippen LogP contribution in [0.25, 0.3) is 0 Å². The molecule has 0 amide bonds. The number of unbranched alkanes of at least 4 members (excludes halogenated alkanes) is 4. The van der Waals surface area contributed by atoms with Crippen molar-refractivity contribution in [2.24, 2.45) is 5.92 Å². The summed E-state index contributed by atoms with van der Waals surface area (Å²) < 4.78 is 5.43. The van der Waals surface area contributed by atoms with Gasteiger partial charge in [0.05, 0.1) is 5.92 Å². The predicted octanol–water partition coefficient (Wildman–Crippen LogP) is 4.71. The van der Waals surface area contributed by atoms with Crippen LogP contribution in [-0.4, -0.2) is 11.6 Å². The first kappa shape index (κ1) is 16.5. The zero-order valence-corrected chi connectivity index (χ0v) is 12.3. The molecule has 0 bridgehead atoms. The Morgan fingerprint density at radius 1 is 1.06 bits per heavy atom. The van der Waals surface area contributed by atoms with Gasteiger partial charge in [0.15, 0.2) is 0 Å². The Balaban J connectivity index is 3.86. The molecule has 2 nitrogen and oxygen atoms in total. The van der Waals surface area contributed by atoms with Crippen LogP contribution in [0.2, 0.25) is 0 Å². The summed E-state index contributed by atoms with van der Waals surface area (Å²) in [5.41, 5.74) is -0.354. The van der Waals surface area contributed by atoms with E-state index < -0.39 is 0 Å². The molecule has 0 aliphatic heterocycles. The third kappa shape index (κ3) is 9.20. The van der Waals surface area contributed by atoms with E-state index in [2.05, 4.69) is 13.8 Å². The lowest BCUT2D eigenvalue weighted by Crippen LogP contribution is -2.28. The van der Waals surface area contributed by atoms with Gasteiger partial charge >= 0.3 is 5.97 Å². The molecule has 0 aliphatic rings. The average Bonchev–Trinajstić information content (AvgIpc) is 2.20. The summed E-state index contributed by atoms with van der Waals surface area (Å²) in [6.45, 7) is 10.1. The Bertz CT molecular complexity index is 203. The Morgan fingerprint density at radius 2 is 1.65 bits per heavy atom. The molecular weight excluding hydrogens is 212 g/mol. The number of carbonyl (C=O) groups excluding carboxylic acids is 1. The van der Waals surface area contributed by atoms with Gasteiger partial charge in [0.25, 0.3) is 0 Å². The summed E-state index contributed by atoms with van der Waals surface area (Å²) in [6.07, 6.45) is 8.14. The van der Waals surface area contributed by atoms with Gasteiger partial charge in [0.1, 0.15) is 5.60 Å². The van der Waals surface area contributed by atoms with Gasteiger partial charge in [0, 0.05) is 0 Å². The highest BCUT2D eigenvalue weighted by molar-refractivity contribution is 5.72. The van der Waals surface area contributed by atoms with Crippen LogP contribution in [0.1, 0.15) is 79.6 Å². The van der Waals surface area contributed by atoms with E-state index in [9.17, 15) is 4.79 Å². The first-order valence-electron chi connectivity index (χ1n) is 7.13. The van der Waals surface area contributed by atoms with Crippen molar-refractivity contribution in [2.45, 2.75) is 85.2 Å². The Hall–Kier alpha value is -0.530. The molecule has 0 rings (SSSR count). The average molecular weight is 242 g/mol. The van der Waals surface area contributed by atoms with Gasteiger partial charge in [0.2, 0.25) is 0 Å². The van der Waals surface area contributed by atoms with Gasteiger partial charge in [-0.2, -0.15) is 0 Å². The largest absolute Gasteiger partial charge is 0.460 e. The van der Waals surface area contributed by atoms with Crippen LogP contribution in [0.3, 0.4) is 0 Å². The predicted molar refractivity (Wildman–Crippen MR) is 73.0 cm³/mol. The summed E-state index contributed by atoms with van der Waals surface area (Å²) in [7, 11) is 0. The van der Waals surface area contributed by atoms with Gasteiger partial charge in [-0.15, -0.1) is 0 Å². The summed E-state index contributed by atoms with van der Waals surface area (Å²) in [6, 6.07) is 0. The van der Waals surface area contributed by atoms with Crippen molar-refractivity contribution < 1.29 is 9.53 Å². The molecule has 0 spiro atoms. The minimum absolute atomic E-state index is 0.0181. The lowest BCUT2D eigenvalue weighted by molar-refractivity contribution is -0.160. The van der Waals surface area contributed by atoms with Crippen molar-refractivity contribution in [3.05, 3.63) is 0 Å². The molecule has 0 aromatic carbocycles. The van der Waals surface area contributed by atoms with E-state index in [1.165, 1.54) is 25.7 Å². The molecule has 0 aromatic rings. The maximum atomic E-state index is 11.9. The van der Waals surface area contributed by atoms with Crippen LogP contribution in [0.4, 0.5) is 0 Å². The quantitative estimate of drug-likeness (QED) is 0.455. The summed E-state index contributed by atoms with van der Waals surface area (Å²) in [4.78, 5) is 11.9. The second-order valence-corrected chi connectivity index (χ2v) is 5.84. The van der Waals surface area contributed by atoms with Gasteiger partial charge in [-0.3, -0.25) is 4.79 Å². The third-order valence-corrected chi connectivity index (χ3v) is 2.89. The number of hydrogen-bond donors (Lipinski definition) is 0. The van der Waals surface area contributed by atoms with Crippen molar-refractivity contribution in [2.75, 3.05) is 0 Å². The molecule has 102 valence electrons. The molecule has 0 saturated heterocycles. The monoisotopic (exact) mass is 242 g/mol. The first-order valence-corrected chi connectivity index (χ1v) is 7.13. The summed E-state index contributed by atoms with van der Waals surface area (Å²) in [5.74, 6) is 0.0753. The fourth-order valence-electron chi connectivity index (χ4n) is 1.87. The van der Waals surface area contributed by atoms with E-state index >= 15 is 0 Å². The molecule has 0 fully saturated rings. The smallest absolute Gasteiger partial charge is 0.309 e. The fraction of sp³-hybridized carbons (Fsp3) is 0.933. The van der Waals surface area contributed by atoms with Crippen LogP contribution in [0.5, 0.6) is 0 Å². The van der Waals surface area contributed by atoms with Gasteiger partial charge < -0.3 is 4.74 Å². The Kier molecular flexibility index (Phi) is 8.28. The topological polar surface area (TPSA) is 26.3 Å². The van der Waals surface area contributed by atoms with Gasteiger partial charge in [-0.1, -0.05) is 46.0 Å². The lowest BCUT2D eigenvalue weighted by Gasteiger charge is -2.23. The second kappa shape index (κ2) is 8.54. The van der Waals surface area contributed by atoms with E-state index in [4.69, 9.17) is 4.74 Å². The van der Waals surface area contributed by atoms with E-state index in [1.54, 1.807) is 0 Å². The standard InChI is InChI=1S/C15H30O2/c1-6-8-9-10-11-12-13(7-2)14(16)17-15(3,4)5/h13H,6-12H2,1-5H3. The van der Waals surface area contributed by atoms with Crippen molar-refractivity contribution in [3.8, 4) is 0 Å². The van der Waals surface area contributed by atoms with Crippen LogP contribution in [0.15, 0.2) is 0 Å².